The van der Waals surface area contributed by atoms with E-state index in [1.54, 1.807) is 18.2 Å². The van der Waals surface area contributed by atoms with Crippen molar-refractivity contribution in [3.63, 3.8) is 0 Å². The number of amides is 1. The van der Waals surface area contributed by atoms with E-state index in [0.29, 0.717) is 18.5 Å². The highest BCUT2D eigenvalue weighted by atomic mass is 16.3. The average molecular weight is 370 g/mol. The van der Waals surface area contributed by atoms with Gasteiger partial charge in [0.25, 0.3) is 5.91 Å². The van der Waals surface area contributed by atoms with Crippen LogP contribution in [0.25, 0.3) is 0 Å². The fraction of sp³-hybridized carbons (Fsp3) is 0.300. The third-order valence-electron chi connectivity index (χ3n) is 4.51. The monoisotopic (exact) mass is 370 g/mol. The highest BCUT2D eigenvalue weighted by Gasteiger charge is 2.44. The van der Waals surface area contributed by atoms with E-state index < -0.39 is 23.5 Å². The lowest BCUT2D eigenvalue weighted by Crippen LogP contribution is -2.33. The molecule has 1 aliphatic rings. The van der Waals surface area contributed by atoms with Crippen molar-refractivity contribution in [1.82, 2.24) is 9.80 Å². The number of carbonyl (C=O) groups excluding carboxylic acids is 2. The summed E-state index contributed by atoms with van der Waals surface area (Å²) in [6, 6.07) is 8.59. The molecule has 0 aliphatic carbocycles. The second kappa shape index (κ2) is 7.67. The van der Waals surface area contributed by atoms with E-state index in [0.717, 1.165) is 6.54 Å². The fourth-order valence-corrected chi connectivity index (χ4v) is 3.22. The molecule has 1 unspecified atom stereocenters. The van der Waals surface area contributed by atoms with Gasteiger partial charge >= 0.3 is 0 Å². The Labute approximate surface area is 157 Å². The van der Waals surface area contributed by atoms with Crippen LogP contribution in [0, 0.1) is 0 Å². The Balaban J connectivity index is 1.99. The molecule has 7 nitrogen and oxygen atoms in total. The molecule has 2 heterocycles. The first-order valence-corrected chi connectivity index (χ1v) is 8.66. The van der Waals surface area contributed by atoms with Crippen molar-refractivity contribution in [3.05, 3.63) is 65.3 Å². The number of hydrogen-bond donors (Lipinski definition) is 2. The van der Waals surface area contributed by atoms with Gasteiger partial charge in [0, 0.05) is 6.54 Å². The number of phenolic OH excluding ortho intramolecular Hbond substituents is 1. The number of carbonyl (C=O) groups is 2. The molecular weight excluding hydrogens is 348 g/mol. The average Bonchev–Trinajstić information content (AvgIpc) is 3.25. The van der Waals surface area contributed by atoms with Crippen molar-refractivity contribution in [2.24, 2.45) is 0 Å². The number of hydrogen-bond acceptors (Lipinski definition) is 6. The minimum absolute atomic E-state index is 0.00880. The number of phenols is 1. The van der Waals surface area contributed by atoms with E-state index >= 15 is 0 Å². The topological polar surface area (TPSA) is 94.2 Å². The molecule has 2 aromatic rings. The lowest BCUT2D eigenvalue weighted by molar-refractivity contribution is -0.129. The summed E-state index contributed by atoms with van der Waals surface area (Å²) in [5.74, 6) is -1.53. The quantitative estimate of drug-likeness (QED) is 0.728. The van der Waals surface area contributed by atoms with Gasteiger partial charge < -0.3 is 24.4 Å². The SMILES string of the molecule is CN(C)CCCN1C(=O)C(O)=C(C(=O)c2ccco2)C1c1ccc(O)cc1. The number of ketones is 1. The van der Waals surface area contributed by atoms with Gasteiger partial charge in [-0.1, -0.05) is 12.1 Å². The molecule has 1 atom stereocenters. The van der Waals surface area contributed by atoms with Gasteiger partial charge in [-0.15, -0.1) is 0 Å². The molecule has 1 aromatic heterocycles. The van der Waals surface area contributed by atoms with Crippen LogP contribution in [-0.2, 0) is 4.79 Å². The summed E-state index contributed by atoms with van der Waals surface area (Å²) in [5.41, 5.74) is 0.621. The van der Waals surface area contributed by atoms with Crippen molar-refractivity contribution >= 4 is 11.7 Å². The Hall–Kier alpha value is -3.06. The highest BCUT2D eigenvalue weighted by molar-refractivity contribution is 6.15. The lowest BCUT2D eigenvalue weighted by atomic mass is 9.95. The normalized spacial score (nSPS) is 17.2. The van der Waals surface area contributed by atoms with E-state index in [1.807, 2.05) is 19.0 Å². The van der Waals surface area contributed by atoms with Crippen LogP contribution >= 0.6 is 0 Å². The number of Topliss-reactive ketones (excluding diaryl/α,β-unsaturated/α-hetero) is 1. The van der Waals surface area contributed by atoms with E-state index in [9.17, 15) is 19.8 Å². The summed E-state index contributed by atoms with van der Waals surface area (Å²) < 4.78 is 5.17. The first-order valence-electron chi connectivity index (χ1n) is 8.66. The molecule has 0 saturated heterocycles. The zero-order chi connectivity index (χ0) is 19.6. The Bertz CT molecular complexity index is 853. The maximum absolute atomic E-state index is 12.9. The molecule has 0 radical (unpaired) electrons. The number of benzene rings is 1. The molecule has 27 heavy (non-hydrogen) atoms. The van der Waals surface area contributed by atoms with Crippen LogP contribution < -0.4 is 0 Å². The Morgan fingerprint density at radius 3 is 2.48 bits per heavy atom. The molecule has 1 aromatic carbocycles. The zero-order valence-corrected chi connectivity index (χ0v) is 15.3. The standard InChI is InChI=1S/C20H22N2O5/c1-21(2)10-4-11-22-17(13-6-8-14(23)9-7-13)16(19(25)20(22)26)18(24)15-5-3-12-27-15/h3,5-9,12,17,23,25H,4,10-11H2,1-2H3. The van der Waals surface area contributed by atoms with Crippen molar-refractivity contribution < 1.29 is 24.2 Å². The molecule has 1 amide bonds. The summed E-state index contributed by atoms with van der Waals surface area (Å²) in [4.78, 5) is 29.1. The first kappa shape index (κ1) is 18.7. The van der Waals surface area contributed by atoms with Crippen LogP contribution in [0.5, 0.6) is 5.75 Å². The van der Waals surface area contributed by atoms with Gasteiger partial charge in [-0.2, -0.15) is 0 Å². The van der Waals surface area contributed by atoms with Crippen LogP contribution in [0.4, 0.5) is 0 Å². The summed E-state index contributed by atoms with van der Waals surface area (Å²) in [6.07, 6.45) is 2.05. The van der Waals surface area contributed by atoms with Crippen LogP contribution in [-0.4, -0.2) is 58.9 Å². The maximum Gasteiger partial charge on any atom is 0.290 e. The molecule has 7 heteroatoms. The third kappa shape index (κ3) is 3.73. The second-order valence-corrected chi connectivity index (χ2v) is 6.72. The molecule has 2 N–H and O–H groups in total. The van der Waals surface area contributed by atoms with Gasteiger partial charge in [-0.3, -0.25) is 9.59 Å². The second-order valence-electron chi connectivity index (χ2n) is 6.72. The summed E-state index contributed by atoms with van der Waals surface area (Å²) in [7, 11) is 3.87. The number of aromatic hydroxyl groups is 1. The Morgan fingerprint density at radius 1 is 1.19 bits per heavy atom. The fourth-order valence-electron chi connectivity index (χ4n) is 3.22. The van der Waals surface area contributed by atoms with E-state index in [-0.39, 0.29) is 17.1 Å². The van der Waals surface area contributed by atoms with E-state index in [2.05, 4.69) is 0 Å². The van der Waals surface area contributed by atoms with Crippen molar-refractivity contribution in [3.8, 4) is 5.75 Å². The zero-order valence-electron chi connectivity index (χ0n) is 15.3. The number of nitrogens with zero attached hydrogens (tertiary/aromatic N) is 2. The van der Waals surface area contributed by atoms with Gasteiger partial charge in [0.1, 0.15) is 5.75 Å². The van der Waals surface area contributed by atoms with Crippen LogP contribution in [0.3, 0.4) is 0 Å². The number of aliphatic hydroxyl groups is 1. The van der Waals surface area contributed by atoms with Crippen molar-refractivity contribution in [2.45, 2.75) is 12.5 Å². The molecule has 0 fully saturated rings. The van der Waals surface area contributed by atoms with Gasteiger partial charge in [0.05, 0.1) is 17.9 Å². The number of rotatable bonds is 7. The summed E-state index contributed by atoms with van der Waals surface area (Å²) in [6.45, 7) is 1.13. The Kier molecular flexibility index (Phi) is 5.32. The van der Waals surface area contributed by atoms with Crippen LogP contribution in [0.15, 0.2) is 58.4 Å². The van der Waals surface area contributed by atoms with Gasteiger partial charge in [-0.25, -0.2) is 0 Å². The minimum Gasteiger partial charge on any atom is -0.508 e. The predicted molar refractivity (Wildman–Crippen MR) is 98.4 cm³/mol. The van der Waals surface area contributed by atoms with Gasteiger partial charge in [-0.05, 0) is 56.9 Å². The van der Waals surface area contributed by atoms with Crippen molar-refractivity contribution in [2.75, 3.05) is 27.2 Å². The summed E-state index contributed by atoms with van der Waals surface area (Å²) in [5, 5.41) is 20.0. The van der Waals surface area contributed by atoms with Gasteiger partial charge in [0.2, 0.25) is 5.78 Å². The van der Waals surface area contributed by atoms with Crippen LogP contribution in [0.2, 0.25) is 0 Å². The first-order chi connectivity index (χ1) is 12.9. The molecule has 142 valence electrons. The smallest absolute Gasteiger partial charge is 0.290 e. The predicted octanol–water partition coefficient (Wildman–Crippen LogP) is 2.52. The maximum atomic E-state index is 12.9. The summed E-state index contributed by atoms with van der Waals surface area (Å²) >= 11 is 0. The van der Waals surface area contributed by atoms with Crippen LogP contribution in [0.1, 0.15) is 28.6 Å². The highest BCUT2D eigenvalue weighted by Crippen LogP contribution is 2.39. The van der Waals surface area contributed by atoms with E-state index in [4.69, 9.17) is 4.42 Å². The van der Waals surface area contributed by atoms with Gasteiger partial charge in [0.15, 0.2) is 11.5 Å². The third-order valence-corrected chi connectivity index (χ3v) is 4.51. The van der Waals surface area contributed by atoms with E-state index in [1.165, 1.54) is 29.4 Å². The van der Waals surface area contributed by atoms with Crippen molar-refractivity contribution in [1.29, 1.82) is 0 Å². The number of aliphatic hydroxyl groups excluding tert-OH is 1. The molecule has 1 aliphatic heterocycles. The Morgan fingerprint density at radius 2 is 1.89 bits per heavy atom. The molecule has 0 spiro atoms. The number of furan rings is 1. The lowest BCUT2D eigenvalue weighted by Gasteiger charge is -2.27. The minimum atomic E-state index is -0.738. The molecular formula is C20H22N2O5. The molecule has 0 bridgehead atoms. The molecule has 3 rings (SSSR count). The largest absolute Gasteiger partial charge is 0.508 e. The molecule has 0 saturated carbocycles.